The van der Waals surface area contributed by atoms with Crippen LogP contribution in [0, 0.1) is 0 Å². The monoisotopic (exact) mass is 153 g/mol. The van der Waals surface area contributed by atoms with E-state index < -0.39 is 0 Å². The summed E-state index contributed by atoms with van der Waals surface area (Å²) >= 11 is 0. The molecule has 1 heteroatoms. The van der Waals surface area contributed by atoms with Gasteiger partial charge in [-0.1, -0.05) is 38.2 Å². The first-order valence-corrected chi connectivity index (χ1v) is 4.35. The summed E-state index contributed by atoms with van der Waals surface area (Å²) in [5, 5.41) is 0. The van der Waals surface area contributed by atoms with Crippen molar-refractivity contribution in [2.75, 3.05) is 19.6 Å². The molecule has 1 nitrogen and oxygen atoms in total. The van der Waals surface area contributed by atoms with E-state index >= 15 is 0 Å². The standard InChI is InChI=1S/C10H19N/c1-4-7-8-9-10-11(5-2)6-3/h4,7-9H,5-6,10H2,1-3H3/b7-4+,9-8+. The molecule has 0 amide bonds. The van der Waals surface area contributed by atoms with Gasteiger partial charge in [-0.15, -0.1) is 0 Å². The van der Waals surface area contributed by atoms with E-state index in [1.54, 1.807) is 0 Å². The van der Waals surface area contributed by atoms with Gasteiger partial charge in [-0.25, -0.2) is 0 Å². The largest absolute Gasteiger partial charge is 0.300 e. The number of hydrogen-bond acceptors (Lipinski definition) is 1. The van der Waals surface area contributed by atoms with Crippen molar-refractivity contribution in [1.29, 1.82) is 0 Å². The molecule has 0 spiro atoms. The lowest BCUT2D eigenvalue weighted by Gasteiger charge is -2.14. The van der Waals surface area contributed by atoms with Crippen LogP contribution in [-0.2, 0) is 0 Å². The Bertz CT molecular complexity index is 121. The van der Waals surface area contributed by atoms with Gasteiger partial charge in [-0.3, -0.25) is 0 Å². The minimum absolute atomic E-state index is 1.07. The fourth-order valence-electron chi connectivity index (χ4n) is 0.881. The molecule has 0 rings (SSSR count). The van der Waals surface area contributed by atoms with E-state index in [0.29, 0.717) is 0 Å². The van der Waals surface area contributed by atoms with Gasteiger partial charge in [0.2, 0.25) is 0 Å². The zero-order valence-electron chi connectivity index (χ0n) is 7.88. The number of likely N-dealkylation sites (N-methyl/N-ethyl adjacent to an activating group) is 1. The van der Waals surface area contributed by atoms with Crippen LogP contribution in [0.1, 0.15) is 20.8 Å². The van der Waals surface area contributed by atoms with E-state index in [9.17, 15) is 0 Å². The van der Waals surface area contributed by atoms with Crippen molar-refractivity contribution in [3.8, 4) is 0 Å². The van der Waals surface area contributed by atoms with E-state index in [4.69, 9.17) is 0 Å². The second kappa shape index (κ2) is 7.55. The van der Waals surface area contributed by atoms with Gasteiger partial charge in [0.25, 0.3) is 0 Å². The van der Waals surface area contributed by atoms with E-state index in [-0.39, 0.29) is 0 Å². The van der Waals surface area contributed by atoms with Gasteiger partial charge in [-0.05, 0) is 20.0 Å². The molecule has 0 bridgehead atoms. The van der Waals surface area contributed by atoms with Gasteiger partial charge in [0.15, 0.2) is 0 Å². The van der Waals surface area contributed by atoms with Gasteiger partial charge in [0.1, 0.15) is 0 Å². The lowest BCUT2D eigenvalue weighted by molar-refractivity contribution is 0.337. The van der Waals surface area contributed by atoms with Crippen molar-refractivity contribution in [2.45, 2.75) is 20.8 Å². The van der Waals surface area contributed by atoms with Gasteiger partial charge in [0.05, 0.1) is 0 Å². The van der Waals surface area contributed by atoms with Crippen LogP contribution in [0.2, 0.25) is 0 Å². The van der Waals surface area contributed by atoms with Gasteiger partial charge < -0.3 is 4.90 Å². The quantitative estimate of drug-likeness (QED) is 0.548. The summed E-state index contributed by atoms with van der Waals surface area (Å²) < 4.78 is 0. The van der Waals surface area contributed by atoms with Gasteiger partial charge >= 0.3 is 0 Å². The summed E-state index contributed by atoms with van der Waals surface area (Å²) in [6.07, 6.45) is 8.38. The topological polar surface area (TPSA) is 3.24 Å². The Morgan fingerprint density at radius 1 is 1.09 bits per heavy atom. The Labute approximate surface area is 70.4 Å². The predicted octanol–water partition coefficient (Wildman–Crippen LogP) is 2.46. The molecule has 64 valence electrons. The predicted molar refractivity (Wildman–Crippen MR) is 51.7 cm³/mol. The molecule has 0 saturated heterocycles. The molecule has 0 fully saturated rings. The first-order valence-electron chi connectivity index (χ1n) is 4.35. The van der Waals surface area contributed by atoms with E-state index in [1.807, 2.05) is 13.0 Å². The molecule has 0 aromatic carbocycles. The molecule has 0 N–H and O–H groups in total. The van der Waals surface area contributed by atoms with Crippen LogP contribution in [0.4, 0.5) is 0 Å². The maximum atomic E-state index is 2.38. The highest BCUT2D eigenvalue weighted by Crippen LogP contribution is 1.87. The first-order chi connectivity index (χ1) is 5.35. The second-order valence-corrected chi connectivity index (χ2v) is 2.44. The van der Waals surface area contributed by atoms with Crippen LogP contribution in [0.3, 0.4) is 0 Å². The molecular weight excluding hydrogens is 134 g/mol. The van der Waals surface area contributed by atoms with Gasteiger partial charge in [-0.2, -0.15) is 0 Å². The summed E-state index contributed by atoms with van der Waals surface area (Å²) in [6, 6.07) is 0. The van der Waals surface area contributed by atoms with Crippen LogP contribution < -0.4 is 0 Å². The van der Waals surface area contributed by atoms with Crippen LogP contribution in [0.5, 0.6) is 0 Å². The SMILES string of the molecule is C/C=C/C=C/CN(CC)CC. The minimum Gasteiger partial charge on any atom is -0.300 e. The van der Waals surface area contributed by atoms with E-state index in [1.165, 1.54) is 0 Å². The fraction of sp³-hybridized carbons (Fsp3) is 0.600. The Balaban J connectivity index is 3.49. The van der Waals surface area contributed by atoms with Crippen LogP contribution in [0.25, 0.3) is 0 Å². The third-order valence-electron chi connectivity index (χ3n) is 1.70. The molecule has 0 aromatic rings. The zero-order chi connectivity index (χ0) is 8.53. The van der Waals surface area contributed by atoms with E-state index in [2.05, 4.69) is 37.0 Å². The Hall–Kier alpha value is -0.560. The van der Waals surface area contributed by atoms with Crippen molar-refractivity contribution in [1.82, 2.24) is 4.90 Å². The van der Waals surface area contributed by atoms with Crippen LogP contribution >= 0.6 is 0 Å². The maximum absolute atomic E-state index is 2.38. The third kappa shape index (κ3) is 5.86. The highest BCUT2D eigenvalue weighted by atomic mass is 15.1. The van der Waals surface area contributed by atoms with Crippen molar-refractivity contribution < 1.29 is 0 Å². The number of nitrogens with zero attached hydrogens (tertiary/aromatic N) is 1. The zero-order valence-corrected chi connectivity index (χ0v) is 7.88. The molecule has 0 heterocycles. The molecule has 0 unspecified atom stereocenters. The summed E-state index contributed by atoms with van der Waals surface area (Å²) in [7, 11) is 0. The molecule has 0 aliphatic rings. The lowest BCUT2D eigenvalue weighted by atomic mass is 10.4. The highest BCUT2D eigenvalue weighted by molar-refractivity contribution is 5.01. The molecule has 0 aliphatic carbocycles. The molecule has 0 aliphatic heterocycles. The molecule has 11 heavy (non-hydrogen) atoms. The van der Waals surface area contributed by atoms with Crippen molar-refractivity contribution in [2.24, 2.45) is 0 Å². The minimum atomic E-state index is 1.07. The van der Waals surface area contributed by atoms with E-state index in [0.717, 1.165) is 19.6 Å². The van der Waals surface area contributed by atoms with Gasteiger partial charge in [0, 0.05) is 6.54 Å². The average molecular weight is 153 g/mol. The first kappa shape index (κ1) is 10.4. The number of hydrogen-bond donors (Lipinski definition) is 0. The van der Waals surface area contributed by atoms with Crippen molar-refractivity contribution in [3.63, 3.8) is 0 Å². The normalized spacial score (nSPS) is 12.4. The van der Waals surface area contributed by atoms with Crippen LogP contribution in [0.15, 0.2) is 24.3 Å². The summed E-state index contributed by atoms with van der Waals surface area (Å²) in [4.78, 5) is 2.38. The Morgan fingerprint density at radius 3 is 2.18 bits per heavy atom. The highest BCUT2D eigenvalue weighted by Gasteiger charge is 1.91. The van der Waals surface area contributed by atoms with Crippen molar-refractivity contribution in [3.05, 3.63) is 24.3 Å². The molecular formula is C10H19N. The smallest absolute Gasteiger partial charge is 0.0166 e. The molecule has 0 atom stereocenters. The molecule has 0 saturated carbocycles. The maximum Gasteiger partial charge on any atom is 0.0166 e. The summed E-state index contributed by atoms with van der Waals surface area (Å²) in [6.45, 7) is 9.74. The summed E-state index contributed by atoms with van der Waals surface area (Å²) in [5.74, 6) is 0. The van der Waals surface area contributed by atoms with Crippen LogP contribution in [-0.4, -0.2) is 24.5 Å². The second-order valence-electron chi connectivity index (χ2n) is 2.44. The third-order valence-corrected chi connectivity index (χ3v) is 1.70. The average Bonchev–Trinajstić information content (AvgIpc) is 2.05. The number of rotatable bonds is 5. The molecule has 0 radical (unpaired) electrons. The number of allylic oxidation sites excluding steroid dienone is 3. The lowest BCUT2D eigenvalue weighted by Crippen LogP contribution is -2.22. The Kier molecular flexibility index (Phi) is 7.16. The Morgan fingerprint density at radius 2 is 1.73 bits per heavy atom. The summed E-state index contributed by atoms with van der Waals surface area (Å²) in [5.41, 5.74) is 0. The van der Waals surface area contributed by atoms with Crippen molar-refractivity contribution >= 4 is 0 Å². The molecule has 0 aromatic heterocycles. The fourth-order valence-corrected chi connectivity index (χ4v) is 0.881.